The van der Waals surface area contributed by atoms with Crippen LogP contribution in [0.4, 0.5) is 0 Å². The molecule has 0 amide bonds. The molecule has 1 fully saturated rings. The summed E-state index contributed by atoms with van der Waals surface area (Å²) in [6, 6.07) is 0. The van der Waals surface area contributed by atoms with Crippen molar-refractivity contribution < 1.29 is 0 Å². The van der Waals surface area contributed by atoms with Gasteiger partial charge < -0.3 is 15.1 Å². The van der Waals surface area contributed by atoms with E-state index < -0.39 is 0 Å². The Morgan fingerprint density at radius 3 is 2.36 bits per heavy atom. The first-order valence-corrected chi connectivity index (χ1v) is 8.48. The molecule has 0 aliphatic carbocycles. The number of nitrogens with one attached hydrogen (secondary N) is 1. The first-order valence-electron chi connectivity index (χ1n) is 8.48. The molecular formula is C17H37IN4. The summed E-state index contributed by atoms with van der Waals surface area (Å²) in [5.41, 5.74) is 0.129. The highest BCUT2D eigenvalue weighted by atomic mass is 127. The zero-order valence-electron chi connectivity index (χ0n) is 15.6. The molecule has 0 radical (unpaired) electrons. The molecule has 4 nitrogen and oxygen atoms in total. The molecule has 5 heteroatoms. The van der Waals surface area contributed by atoms with Crippen molar-refractivity contribution >= 4 is 29.9 Å². The lowest BCUT2D eigenvalue weighted by molar-refractivity contribution is 0.196. The van der Waals surface area contributed by atoms with Crippen LogP contribution in [0.3, 0.4) is 0 Å². The zero-order chi connectivity index (χ0) is 16.0. The van der Waals surface area contributed by atoms with Crippen molar-refractivity contribution in [2.75, 3.05) is 40.8 Å². The van der Waals surface area contributed by atoms with Crippen molar-refractivity contribution in [2.45, 2.75) is 52.5 Å². The van der Waals surface area contributed by atoms with Gasteiger partial charge in [0.1, 0.15) is 0 Å². The molecule has 0 aromatic rings. The van der Waals surface area contributed by atoms with Crippen molar-refractivity contribution in [1.29, 1.82) is 0 Å². The van der Waals surface area contributed by atoms with Gasteiger partial charge in [0.05, 0.1) is 0 Å². The SMILES string of the molecule is CCC(CC)C1CCN(C(=NC)NCC(C)(C)N(C)C)C1.I. The Labute approximate surface area is 155 Å². The lowest BCUT2D eigenvalue weighted by Gasteiger charge is -2.34. The van der Waals surface area contributed by atoms with E-state index in [1.165, 1.54) is 19.3 Å². The predicted octanol–water partition coefficient (Wildman–Crippen LogP) is 3.28. The first kappa shape index (κ1) is 22.0. The Balaban J connectivity index is 0.00000441. The summed E-state index contributed by atoms with van der Waals surface area (Å²) in [6.45, 7) is 12.4. The molecule has 1 unspecified atom stereocenters. The zero-order valence-corrected chi connectivity index (χ0v) is 18.0. The van der Waals surface area contributed by atoms with Crippen LogP contribution < -0.4 is 5.32 Å². The van der Waals surface area contributed by atoms with Gasteiger partial charge in [-0.2, -0.15) is 0 Å². The molecule has 1 atom stereocenters. The van der Waals surface area contributed by atoms with Crippen molar-refractivity contribution in [1.82, 2.24) is 15.1 Å². The second kappa shape index (κ2) is 9.96. The van der Waals surface area contributed by atoms with Crippen LogP contribution in [0.5, 0.6) is 0 Å². The Bertz CT molecular complexity index is 338. The smallest absolute Gasteiger partial charge is 0.193 e. The van der Waals surface area contributed by atoms with Crippen LogP contribution in [0.15, 0.2) is 4.99 Å². The Kier molecular flexibility index (Phi) is 9.94. The average Bonchev–Trinajstić information content (AvgIpc) is 2.90. The highest BCUT2D eigenvalue weighted by molar-refractivity contribution is 14.0. The van der Waals surface area contributed by atoms with Gasteiger partial charge in [-0.1, -0.05) is 26.7 Å². The van der Waals surface area contributed by atoms with Gasteiger partial charge in [-0.05, 0) is 46.2 Å². The highest BCUT2D eigenvalue weighted by Gasteiger charge is 2.30. The summed E-state index contributed by atoms with van der Waals surface area (Å²) in [4.78, 5) is 9.18. The summed E-state index contributed by atoms with van der Waals surface area (Å²) in [6.07, 6.45) is 3.91. The van der Waals surface area contributed by atoms with Crippen LogP contribution in [0.2, 0.25) is 0 Å². The summed E-state index contributed by atoms with van der Waals surface area (Å²) in [5.74, 6) is 2.77. The molecule has 22 heavy (non-hydrogen) atoms. The lowest BCUT2D eigenvalue weighted by Crippen LogP contribution is -2.51. The molecule has 0 bridgehead atoms. The van der Waals surface area contributed by atoms with Crippen molar-refractivity contribution in [3.63, 3.8) is 0 Å². The number of likely N-dealkylation sites (N-methyl/N-ethyl adjacent to an activating group) is 1. The third-order valence-corrected chi connectivity index (χ3v) is 5.34. The summed E-state index contributed by atoms with van der Waals surface area (Å²) < 4.78 is 0. The quantitative estimate of drug-likeness (QED) is 0.403. The molecular weight excluding hydrogens is 387 g/mol. The summed E-state index contributed by atoms with van der Waals surface area (Å²) in [7, 11) is 6.16. The topological polar surface area (TPSA) is 30.9 Å². The second-order valence-electron chi connectivity index (χ2n) is 7.18. The third-order valence-electron chi connectivity index (χ3n) is 5.34. The van der Waals surface area contributed by atoms with Crippen molar-refractivity contribution in [2.24, 2.45) is 16.8 Å². The molecule has 1 saturated heterocycles. The van der Waals surface area contributed by atoms with Crippen LogP contribution in [0.1, 0.15) is 47.0 Å². The Morgan fingerprint density at radius 1 is 1.32 bits per heavy atom. The van der Waals surface area contributed by atoms with Crippen LogP contribution in [0.25, 0.3) is 0 Å². The normalized spacial score (nSPS) is 19.8. The van der Waals surface area contributed by atoms with E-state index in [4.69, 9.17) is 0 Å². The number of hydrogen-bond donors (Lipinski definition) is 1. The van der Waals surface area contributed by atoms with Gasteiger partial charge in [0.25, 0.3) is 0 Å². The van der Waals surface area contributed by atoms with Crippen LogP contribution >= 0.6 is 24.0 Å². The van der Waals surface area contributed by atoms with Gasteiger partial charge in [0.2, 0.25) is 0 Å². The fourth-order valence-corrected chi connectivity index (χ4v) is 3.11. The lowest BCUT2D eigenvalue weighted by atomic mass is 9.87. The number of guanidine groups is 1. The Hall–Kier alpha value is -0.0400. The van der Waals surface area contributed by atoms with Crippen LogP contribution in [-0.4, -0.2) is 62.1 Å². The largest absolute Gasteiger partial charge is 0.354 e. The van der Waals surface area contributed by atoms with E-state index in [0.29, 0.717) is 0 Å². The maximum Gasteiger partial charge on any atom is 0.193 e. The van der Waals surface area contributed by atoms with Gasteiger partial charge in [-0.15, -0.1) is 24.0 Å². The van der Waals surface area contributed by atoms with E-state index in [9.17, 15) is 0 Å². The standard InChI is InChI=1S/C17H36N4.HI/c1-8-14(9-2)15-10-11-21(12-15)16(18-5)19-13-17(3,4)20(6)7;/h14-15H,8-13H2,1-7H3,(H,18,19);1H. The monoisotopic (exact) mass is 424 g/mol. The average molecular weight is 424 g/mol. The maximum absolute atomic E-state index is 4.49. The van der Waals surface area contributed by atoms with Crippen molar-refractivity contribution in [3.8, 4) is 0 Å². The van der Waals surface area contributed by atoms with E-state index in [1.54, 1.807) is 0 Å². The van der Waals surface area contributed by atoms with Crippen molar-refractivity contribution in [3.05, 3.63) is 0 Å². The summed E-state index contributed by atoms with van der Waals surface area (Å²) >= 11 is 0. The fourth-order valence-electron chi connectivity index (χ4n) is 3.11. The van der Waals surface area contributed by atoms with Gasteiger partial charge in [-0.25, -0.2) is 0 Å². The molecule has 1 aliphatic rings. The molecule has 1 heterocycles. The molecule has 0 aromatic carbocycles. The van der Waals surface area contributed by atoms with Crippen LogP contribution in [0, 0.1) is 11.8 Å². The van der Waals surface area contributed by atoms with E-state index >= 15 is 0 Å². The Morgan fingerprint density at radius 2 is 1.91 bits per heavy atom. The van der Waals surface area contributed by atoms with E-state index in [1.807, 2.05) is 7.05 Å². The number of rotatable bonds is 6. The number of halogens is 1. The number of nitrogens with zero attached hydrogens (tertiary/aromatic N) is 3. The fraction of sp³-hybridized carbons (Fsp3) is 0.941. The highest BCUT2D eigenvalue weighted by Crippen LogP contribution is 2.28. The minimum Gasteiger partial charge on any atom is -0.354 e. The van der Waals surface area contributed by atoms with E-state index in [2.05, 4.69) is 61.9 Å². The van der Waals surface area contributed by atoms with Gasteiger partial charge in [0, 0.05) is 32.2 Å². The minimum absolute atomic E-state index is 0. The summed E-state index contributed by atoms with van der Waals surface area (Å²) in [5, 5.41) is 3.56. The number of aliphatic imine (C=N–C) groups is 1. The number of likely N-dealkylation sites (tertiary alicyclic amines) is 1. The van der Waals surface area contributed by atoms with Gasteiger partial charge >= 0.3 is 0 Å². The van der Waals surface area contributed by atoms with Crippen LogP contribution in [-0.2, 0) is 0 Å². The first-order chi connectivity index (χ1) is 9.85. The molecule has 0 spiro atoms. The third kappa shape index (κ3) is 5.87. The molecule has 0 saturated carbocycles. The minimum atomic E-state index is 0. The molecule has 132 valence electrons. The molecule has 1 rings (SSSR count). The predicted molar refractivity (Wildman–Crippen MR) is 108 cm³/mol. The van der Waals surface area contributed by atoms with Gasteiger partial charge in [0.15, 0.2) is 5.96 Å². The maximum atomic E-state index is 4.49. The van der Waals surface area contributed by atoms with E-state index in [-0.39, 0.29) is 29.5 Å². The molecule has 1 aliphatic heterocycles. The van der Waals surface area contributed by atoms with Gasteiger partial charge in [-0.3, -0.25) is 4.99 Å². The van der Waals surface area contributed by atoms with E-state index in [0.717, 1.165) is 37.4 Å². The molecule has 0 aromatic heterocycles. The molecule has 1 N–H and O–H groups in total. The second-order valence-corrected chi connectivity index (χ2v) is 7.18. The number of hydrogen-bond acceptors (Lipinski definition) is 2.